The van der Waals surface area contributed by atoms with E-state index in [-0.39, 0.29) is 29.2 Å². The smallest absolute Gasteiger partial charge is 0.361 e. The largest absolute Gasteiger partial charge is 0.461 e. The number of hydrogen-bond donors (Lipinski definition) is 2. The molecule has 6 heteroatoms. The molecule has 0 aromatic carbocycles. The third-order valence-electron chi connectivity index (χ3n) is 7.96. The molecule has 1 aliphatic carbocycles. The van der Waals surface area contributed by atoms with Crippen LogP contribution in [-0.2, 0) is 19.1 Å². The predicted molar refractivity (Wildman–Crippen MR) is 120 cm³/mol. The molecule has 2 fully saturated rings. The summed E-state index contributed by atoms with van der Waals surface area (Å²) in [5.74, 6) is 0.247. The third-order valence-corrected chi connectivity index (χ3v) is 7.96. The van der Waals surface area contributed by atoms with Crippen LogP contribution in [0.25, 0.3) is 0 Å². The first-order valence-electron chi connectivity index (χ1n) is 12.5. The molecular weight excluding hydrogens is 392 g/mol. The minimum absolute atomic E-state index is 0.119. The minimum atomic E-state index is -0.348. The van der Waals surface area contributed by atoms with Gasteiger partial charge in [-0.1, -0.05) is 25.5 Å². The van der Waals surface area contributed by atoms with Gasteiger partial charge in [0.05, 0.1) is 26.2 Å². The SMILES string of the molecule is CC1=C[C@@H](C)C(COC(=O)C[NH+]2CCCCC2)(COC(=O)C[NH+]2CCCCC2)[C@H](C)C1. The molecule has 0 bridgehead atoms. The highest BCUT2D eigenvalue weighted by atomic mass is 16.5. The summed E-state index contributed by atoms with van der Waals surface area (Å²) in [6.07, 6.45) is 10.5. The van der Waals surface area contributed by atoms with Crippen LogP contribution in [0, 0.1) is 17.3 Å². The number of piperidine rings is 2. The van der Waals surface area contributed by atoms with Gasteiger partial charge in [0, 0.05) is 5.41 Å². The van der Waals surface area contributed by atoms with Crippen molar-refractivity contribution >= 4 is 11.9 Å². The fourth-order valence-corrected chi connectivity index (χ4v) is 5.78. The Balaban J connectivity index is 1.58. The van der Waals surface area contributed by atoms with Gasteiger partial charge in [-0.15, -0.1) is 0 Å². The van der Waals surface area contributed by atoms with Crippen molar-refractivity contribution in [3.63, 3.8) is 0 Å². The van der Waals surface area contributed by atoms with Crippen molar-refractivity contribution in [2.24, 2.45) is 17.3 Å². The molecule has 3 aliphatic rings. The van der Waals surface area contributed by atoms with Crippen molar-refractivity contribution in [3.8, 4) is 0 Å². The van der Waals surface area contributed by atoms with Gasteiger partial charge in [0.15, 0.2) is 13.1 Å². The number of carbonyl (C=O) groups excluding carboxylic acids is 2. The van der Waals surface area contributed by atoms with Crippen LogP contribution in [0.4, 0.5) is 0 Å². The van der Waals surface area contributed by atoms with Gasteiger partial charge in [-0.2, -0.15) is 0 Å². The number of esters is 2. The Morgan fingerprint density at radius 1 is 0.871 bits per heavy atom. The van der Waals surface area contributed by atoms with Crippen LogP contribution >= 0.6 is 0 Å². The van der Waals surface area contributed by atoms with E-state index in [9.17, 15) is 9.59 Å². The van der Waals surface area contributed by atoms with Crippen molar-refractivity contribution in [2.75, 3.05) is 52.5 Å². The number of rotatable bonds is 8. The monoisotopic (exact) mass is 436 g/mol. The summed E-state index contributed by atoms with van der Waals surface area (Å²) in [7, 11) is 0. The first kappa shape index (κ1) is 24.2. The van der Waals surface area contributed by atoms with Crippen LogP contribution in [0.2, 0.25) is 0 Å². The van der Waals surface area contributed by atoms with E-state index in [2.05, 4.69) is 26.8 Å². The number of carbonyl (C=O) groups is 2. The molecule has 0 aromatic heterocycles. The normalized spacial score (nSPS) is 27.4. The van der Waals surface area contributed by atoms with Crippen LogP contribution < -0.4 is 9.80 Å². The Kier molecular flexibility index (Phi) is 8.96. The molecular formula is C25H44N2O4+2. The van der Waals surface area contributed by atoms with Crippen LogP contribution in [-0.4, -0.2) is 64.4 Å². The summed E-state index contributed by atoms with van der Waals surface area (Å²) in [4.78, 5) is 27.9. The van der Waals surface area contributed by atoms with Crippen molar-refractivity contribution in [1.82, 2.24) is 0 Å². The molecule has 2 heterocycles. The van der Waals surface area contributed by atoms with Gasteiger partial charge >= 0.3 is 11.9 Å². The van der Waals surface area contributed by atoms with E-state index in [4.69, 9.17) is 9.47 Å². The fraction of sp³-hybridized carbons (Fsp3) is 0.840. The molecule has 176 valence electrons. The van der Waals surface area contributed by atoms with Crippen molar-refractivity contribution in [2.45, 2.75) is 65.7 Å². The molecule has 0 aromatic rings. The lowest BCUT2D eigenvalue weighted by Crippen LogP contribution is -3.13. The summed E-state index contributed by atoms with van der Waals surface area (Å²) in [5.41, 5.74) is 1.02. The molecule has 3 rings (SSSR count). The van der Waals surface area contributed by atoms with E-state index in [1.807, 2.05) is 0 Å². The number of hydrogen-bond acceptors (Lipinski definition) is 4. The molecule has 0 spiro atoms. The van der Waals surface area contributed by atoms with Gasteiger partial charge in [-0.05, 0) is 63.7 Å². The van der Waals surface area contributed by atoms with E-state index in [0.717, 1.165) is 32.6 Å². The van der Waals surface area contributed by atoms with E-state index < -0.39 is 0 Å². The van der Waals surface area contributed by atoms with Crippen LogP contribution in [0.3, 0.4) is 0 Å². The first-order chi connectivity index (χ1) is 14.9. The first-order valence-corrected chi connectivity index (χ1v) is 12.5. The van der Waals surface area contributed by atoms with Crippen molar-refractivity contribution in [1.29, 1.82) is 0 Å². The maximum atomic E-state index is 12.6. The second-order valence-electron chi connectivity index (χ2n) is 10.4. The molecule has 0 unspecified atom stereocenters. The molecule has 0 amide bonds. The van der Waals surface area contributed by atoms with Gasteiger partial charge in [-0.3, -0.25) is 0 Å². The Morgan fingerprint density at radius 2 is 1.32 bits per heavy atom. The molecule has 2 aliphatic heterocycles. The number of quaternary nitrogens is 2. The number of ether oxygens (including phenoxy) is 2. The highest BCUT2D eigenvalue weighted by Gasteiger charge is 2.45. The van der Waals surface area contributed by atoms with Gasteiger partial charge in [0.25, 0.3) is 0 Å². The zero-order chi connectivity index (χ0) is 22.3. The van der Waals surface area contributed by atoms with E-state index >= 15 is 0 Å². The Hall–Kier alpha value is -1.40. The van der Waals surface area contributed by atoms with Crippen LogP contribution in [0.5, 0.6) is 0 Å². The van der Waals surface area contributed by atoms with Gasteiger partial charge in [0.1, 0.15) is 13.2 Å². The summed E-state index contributed by atoms with van der Waals surface area (Å²) in [6, 6.07) is 0. The lowest BCUT2D eigenvalue weighted by atomic mass is 9.63. The van der Waals surface area contributed by atoms with Gasteiger partial charge < -0.3 is 19.3 Å². The second-order valence-corrected chi connectivity index (χ2v) is 10.4. The molecule has 2 saturated heterocycles. The number of allylic oxidation sites excluding steroid dienone is 2. The highest BCUT2D eigenvalue weighted by molar-refractivity contribution is 5.71. The average Bonchev–Trinajstić information content (AvgIpc) is 2.74. The maximum Gasteiger partial charge on any atom is 0.361 e. The highest BCUT2D eigenvalue weighted by Crippen LogP contribution is 2.45. The Bertz CT molecular complexity index is 599. The summed E-state index contributed by atoms with van der Waals surface area (Å²) < 4.78 is 11.7. The van der Waals surface area contributed by atoms with Crippen molar-refractivity contribution < 1.29 is 28.9 Å². The number of nitrogens with one attached hydrogen (secondary N) is 2. The number of likely N-dealkylation sites (tertiary alicyclic amines) is 2. The zero-order valence-electron chi connectivity index (χ0n) is 20.0. The summed E-state index contributed by atoms with van der Waals surface area (Å²) in [6.45, 7) is 12.3. The van der Waals surface area contributed by atoms with Gasteiger partial charge in [0.2, 0.25) is 0 Å². The molecule has 2 atom stereocenters. The Morgan fingerprint density at radius 3 is 1.74 bits per heavy atom. The molecule has 0 saturated carbocycles. The zero-order valence-corrected chi connectivity index (χ0v) is 20.0. The summed E-state index contributed by atoms with van der Waals surface area (Å²) >= 11 is 0. The maximum absolute atomic E-state index is 12.6. The quantitative estimate of drug-likeness (QED) is 0.437. The predicted octanol–water partition coefficient (Wildman–Crippen LogP) is 0.819. The molecule has 6 nitrogen and oxygen atoms in total. The lowest BCUT2D eigenvalue weighted by Gasteiger charge is -2.45. The molecule has 0 radical (unpaired) electrons. The van der Waals surface area contributed by atoms with Crippen LogP contribution in [0.15, 0.2) is 11.6 Å². The van der Waals surface area contributed by atoms with Gasteiger partial charge in [-0.25, -0.2) is 9.59 Å². The lowest BCUT2D eigenvalue weighted by molar-refractivity contribution is -0.897. The van der Waals surface area contributed by atoms with E-state index in [1.54, 1.807) is 0 Å². The van der Waals surface area contributed by atoms with Crippen molar-refractivity contribution in [3.05, 3.63) is 11.6 Å². The van der Waals surface area contributed by atoms with Crippen LogP contribution in [0.1, 0.15) is 65.7 Å². The summed E-state index contributed by atoms with van der Waals surface area (Å²) in [5, 5.41) is 0. The average molecular weight is 437 g/mol. The molecule has 31 heavy (non-hydrogen) atoms. The van der Waals surface area contributed by atoms with E-state index in [1.165, 1.54) is 53.9 Å². The van der Waals surface area contributed by atoms with E-state index in [0.29, 0.717) is 26.3 Å². The minimum Gasteiger partial charge on any atom is -0.461 e. The topological polar surface area (TPSA) is 61.5 Å². The Labute approximate surface area is 188 Å². The molecule has 2 N–H and O–H groups in total. The fourth-order valence-electron chi connectivity index (χ4n) is 5.78. The third kappa shape index (κ3) is 6.79. The second kappa shape index (κ2) is 11.5. The standard InChI is InChI=1S/C25H42N2O4/c1-20-14-21(2)25(22(3)15-20,18-30-23(28)16-26-10-6-4-7-11-26)19-31-24(29)17-27-12-8-5-9-13-27/h14,21-22H,4-13,15-19H2,1-3H3/p+2/t21-,22-/m1/s1.